The largest absolute Gasteiger partial charge is 0.396 e. The molecule has 1 heterocycles. The number of hydrogen-bond acceptors (Lipinski definition) is 3. The zero-order valence-electron chi connectivity index (χ0n) is 10.0. The third kappa shape index (κ3) is 3.08. The molecule has 0 atom stereocenters. The van der Waals surface area contributed by atoms with Gasteiger partial charge in [0, 0.05) is 16.8 Å². The Morgan fingerprint density at radius 1 is 1.22 bits per heavy atom. The molecule has 18 heavy (non-hydrogen) atoms. The lowest BCUT2D eigenvalue weighted by Crippen LogP contribution is -2.06. The zero-order chi connectivity index (χ0) is 12.8. The van der Waals surface area contributed by atoms with Crippen LogP contribution in [0, 0.1) is 0 Å². The van der Waals surface area contributed by atoms with Crippen molar-refractivity contribution in [3.8, 4) is 0 Å². The van der Waals surface area contributed by atoms with Crippen LogP contribution in [0.2, 0.25) is 5.02 Å². The van der Waals surface area contributed by atoms with Crippen LogP contribution in [0.1, 0.15) is 18.2 Å². The molecule has 1 aromatic carbocycles. The molecule has 1 aromatic heterocycles. The number of oxime groups is 1. The summed E-state index contributed by atoms with van der Waals surface area (Å²) in [4.78, 5) is 9.44. The van der Waals surface area contributed by atoms with Crippen molar-refractivity contribution < 1.29 is 4.84 Å². The van der Waals surface area contributed by atoms with Crippen LogP contribution in [0.15, 0.2) is 53.8 Å². The molecule has 0 N–H and O–H groups in total. The molecule has 2 aromatic rings. The fraction of sp³-hybridized carbons (Fsp3) is 0.143. The maximum atomic E-state index is 5.88. The molecule has 0 radical (unpaired) electrons. The van der Waals surface area contributed by atoms with E-state index in [9.17, 15) is 0 Å². The van der Waals surface area contributed by atoms with Crippen LogP contribution in [0.5, 0.6) is 0 Å². The normalized spacial score (nSPS) is 11.3. The summed E-state index contributed by atoms with van der Waals surface area (Å²) in [5, 5.41) is 4.81. The predicted octanol–water partition coefficient (Wildman–Crippen LogP) is 3.52. The number of benzene rings is 1. The molecule has 0 aliphatic heterocycles. The van der Waals surface area contributed by atoms with Gasteiger partial charge in [0.15, 0.2) is 0 Å². The number of hydrogen-bond donors (Lipinski definition) is 0. The summed E-state index contributed by atoms with van der Waals surface area (Å²) in [6, 6.07) is 13.1. The van der Waals surface area contributed by atoms with E-state index >= 15 is 0 Å². The summed E-state index contributed by atoms with van der Waals surface area (Å²) in [7, 11) is 0. The van der Waals surface area contributed by atoms with Gasteiger partial charge in [-0.2, -0.15) is 0 Å². The molecule has 0 saturated heterocycles. The second kappa shape index (κ2) is 6.17. The minimum absolute atomic E-state index is 0.518. The van der Waals surface area contributed by atoms with Crippen LogP contribution < -0.4 is 0 Å². The van der Waals surface area contributed by atoms with Gasteiger partial charge in [0.25, 0.3) is 0 Å². The number of halogens is 1. The SMILES string of the molecule is CCO/N=C(\c1ccc(Cl)cc1)c1ccccn1. The first-order chi connectivity index (χ1) is 8.81. The molecule has 92 valence electrons. The Kier molecular flexibility index (Phi) is 4.31. The van der Waals surface area contributed by atoms with Crippen LogP contribution in [0.25, 0.3) is 0 Å². The van der Waals surface area contributed by atoms with E-state index in [-0.39, 0.29) is 0 Å². The van der Waals surface area contributed by atoms with E-state index in [1.165, 1.54) is 0 Å². The Hall–Kier alpha value is -1.87. The lowest BCUT2D eigenvalue weighted by molar-refractivity contribution is 0.159. The fourth-order valence-corrected chi connectivity index (χ4v) is 1.61. The van der Waals surface area contributed by atoms with Crippen molar-refractivity contribution in [3.05, 3.63) is 64.9 Å². The number of rotatable bonds is 4. The number of nitrogens with zero attached hydrogens (tertiary/aromatic N) is 2. The van der Waals surface area contributed by atoms with Gasteiger partial charge in [-0.15, -0.1) is 0 Å². The van der Waals surface area contributed by atoms with Gasteiger partial charge in [-0.3, -0.25) is 4.98 Å². The van der Waals surface area contributed by atoms with Gasteiger partial charge in [0.1, 0.15) is 12.3 Å². The van der Waals surface area contributed by atoms with E-state index in [4.69, 9.17) is 16.4 Å². The van der Waals surface area contributed by atoms with Gasteiger partial charge in [-0.05, 0) is 31.2 Å². The van der Waals surface area contributed by atoms with Gasteiger partial charge in [0.2, 0.25) is 0 Å². The third-order valence-corrected chi connectivity index (χ3v) is 2.56. The third-order valence-electron chi connectivity index (χ3n) is 2.31. The molecular weight excluding hydrogens is 248 g/mol. The molecular formula is C14H13ClN2O. The van der Waals surface area contributed by atoms with Gasteiger partial charge in [0.05, 0.1) is 5.69 Å². The topological polar surface area (TPSA) is 34.5 Å². The van der Waals surface area contributed by atoms with E-state index < -0.39 is 0 Å². The molecule has 3 nitrogen and oxygen atoms in total. The van der Waals surface area contributed by atoms with E-state index in [2.05, 4.69) is 10.1 Å². The van der Waals surface area contributed by atoms with Crippen molar-refractivity contribution in [2.45, 2.75) is 6.92 Å². The molecule has 0 spiro atoms. The van der Waals surface area contributed by atoms with Gasteiger partial charge in [-0.1, -0.05) is 35.0 Å². The van der Waals surface area contributed by atoms with E-state index in [1.807, 2.05) is 49.4 Å². The predicted molar refractivity (Wildman–Crippen MR) is 73.0 cm³/mol. The standard InChI is InChI=1S/C14H13ClN2O/c1-2-18-17-14(13-5-3-4-10-16-13)11-6-8-12(15)9-7-11/h3-10H,2H2,1H3/b17-14+. The molecule has 0 aliphatic rings. The van der Waals surface area contributed by atoms with Crippen molar-refractivity contribution in [2.24, 2.45) is 5.16 Å². The highest BCUT2D eigenvalue weighted by atomic mass is 35.5. The highest BCUT2D eigenvalue weighted by Gasteiger charge is 2.08. The molecule has 4 heteroatoms. The highest BCUT2D eigenvalue weighted by Crippen LogP contribution is 2.13. The van der Waals surface area contributed by atoms with Crippen molar-refractivity contribution in [2.75, 3.05) is 6.61 Å². The van der Waals surface area contributed by atoms with Crippen LogP contribution in [0.3, 0.4) is 0 Å². The summed E-state index contributed by atoms with van der Waals surface area (Å²) in [6.07, 6.45) is 1.73. The van der Waals surface area contributed by atoms with Crippen LogP contribution in [-0.4, -0.2) is 17.3 Å². The summed E-state index contributed by atoms with van der Waals surface area (Å²) in [5.74, 6) is 0. The fourth-order valence-electron chi connectivity index (χ4n) is 1.49. The van der Waals surface area contributed by atoms with Gasteiger partial charge < -0.3 is 4.84 Å². The molecule has 0 fully saturated rings. The lowest BCUT2D eigenvalue weighted by Gasteiger charge is -2.05. The van der Waals surface area contributed by atoms with E-state index in [0.717, 1.165) is 11.3 Å². The monoisotopic (exact) mass is 260 g/mol. The van der Waals surface area contributed by atoms with Crippen molar-refractivity contribution in [3.63, 3.8) is 0 Å². The second-order valence-corrected chi connectivity index (χ2v) is 4.02. The Labute approximate surface area is 111 Å². The Bertz CT molecular complexity index is 523. The molecule has 0 unspecified atom stereocenters. The van der Waals surface area contributed by atoms with Crippen LogP contribution in [0.4, 0.5) is 0 Å². The first-order valence-corrected chi connectivity index (χ1v) is 6.06. The van der Waals surface area contributed by atoms with E-state index in [1.54, 1.807) is 6.20 Å². The van der Waals surface area contributed by atoms with Gasteiger partial charge in [-0.25, -0.2) is 0 Å². The Morgan fingerprint density at radius 3 is 2.61 bits per heavy atom. The van der Waals surface area contributed by atoms with Crippen molar-refractivity contribution in [1.29, 1.82) is 0 Å². The summed E-state index contributed by atoms with van der Waals surface area (Å²) < 4.78 is 0. The Balaban J connectivity index is 2.40. The summed E-state index contributed by atoms with van der Waals surface area (Å²) in [6.45, 7) is 2.41. The minimum Gasteiger partial charge on any atom is -0.396 e. The first-order valence-electron chi connectivity index (χ1n) is 5.68. The van der Waals surface area contributed by atoms with Crippen molar-refractivity contribution >= 4 is 17.3 Å². The molecule has 0 bridgehead atoms. The van der Waals surface area contributed by atoms with Crippen LogP contribution >= 0.6 is 11.6 Å². The molecule has 0 amide bonds. The average Bonchev–Trinajstić information content (AvgIpc) is 2.42. The number of pyridine rings is 1. The quantitative estimate of drug-likeness (QED) is 0.623. The van der Waals surface area contributed by atoms with E-state index in [0.29, 0.717) is 17.3 Å². The van der Waals surface area contributed by atoms with Crippen molar-refractivity contribution in [1.82, 2.24) is 4.98 Å². The minimum atomic E-state index is 0.518. The second-order valence-electron chi connectivity index (χ2n) is 3.58. The Morgan fingerprint density at radius 2 is 2.00 bits per heavy atom. The molecule has 0 aliphatic carbocycles. The maximum absolute atomic E-state index is 5.88. The summed E-state index contributed by atoms with van der Waals surface area (Å²) in [5.41, 5.74) is 2.40. The smallest absolute Gasteiger partial charge is 0.135 e. The molecule has 0 saturated carbocycles. The number of aromatic nitrogens is 1. The first kappa shape index (κ1) is 12.6. The molecule has 2 rings (SSSR count). The van der Waals surface area contributed by atoms with Crippen LogP contribution in [-0.2, 0) is 4.84 Å². The highest BCUT2D eigenvalue weighted by molar-refractivity contribution is 6.30. The summed E-state index contributed by atoms with van der Waals surface area (Å²) >= 11 is 5.88. The average molecular weight is 261 g/mol. The lowest BCUT2D eigenvalue weighted by atomic mass is 10.1. The zero-order valence-corrected chi connectivity index (χ0v) is 10.8. The van der Waals surface area contributed by atoms with Gasteiger partial charge >= 0.3 is 0 Å². The maximum Gasteiger partial charge on any atom is 0.135 e.